The number of aliphatic hydroxyl groups is 1. The lowest BCUT2D eigenvalue weighted by Gasteiger charge is -2.26. The van der Waals surface area contributed by atoms with Crippen molar-refractivity contribution in [2.75, 3.05) is 40.9 Å². The van der Waals surface area contributed by atoms with Gasteiger partial charge in [0.15, 0.2) is 0 Å². The van der Waals surface area contributed by atoms with E-state index in [2.05, 4.69) is 19.2 Å². The molecule has 0 bridgehead atoms. The molecule has 0 saturated heterocycles. The Morgan fingerprint density at radius 1 is 0.484 bits per heavy atom. The average Bonchev–Trinajstić information content (AvgIpc) is 3.23. The summed E-state index contributed by atoms with van der Waals surface area (Å²) in [6.07, 6.45) is 52.9. The molecule has 0 aliphatic carbocycles. The Bertz CT molecular complexity index is 978. The molecule has 0 heterocycles. The van der Waals surface area contributed by atoms with Crippen molar-refractivity contribution in [3.63, 3.8) is 0 Å². The Hall–Kier alpha value is -0.500. The van der Waals surface area contributed by atoms with Crippen molar-refractivity contribution in [1.29, 1.82) is 0 Å². The first kappa shape index (κ1) is 61.5. The zero-order valence-electron chi connectivity index (χ0n) is 42.4. The van der Waals surface area contributed by atoms with Gasteiger partial charge >= 0.3 is 7.82 Å². The molecule has 0 fully saturated rings. The van der Waals surface area contributed by atoms with Gasteiger partial charge in [-0.15, -0.1) is 0 Å². The summed E-state index contributed by atoms with van der Waals surface area (Å²) >= 11 is 0. The van der Waals surface area contributed by atoms with Gasteiger partial charge in [-0.3, -0.25) is 13.8 Å². The SMILES string of the molecule is CCCCCCCCCCCCCCCCCCCCCCCCCCCCC(O)C(COP(=O)(O)OCC[N+](C)(C)C)NC(=O)CCCCCCCCCCCCCCCC. The molecule has 8 nitrogen and oxygen atoms in total. The number of hydrogen-bond acceptors (Lipinski definition) is 5. The number of rotatable bonds is 51. The summed E-state index contributed by atoms with van der Waals surface area (Å²) in [5.74, 6) is -0.139. The molecule has 3 atom stereocenters. The Kier molecular flexibility index (Phi) is 45.3. The Morgan fingerprint density at radius 3 is 1.08 bits per heavy atom. The van der Waals surface area contributed by atoms with E-state index in [1.807, 2.05) is 21.1 Å². The number of likely N-dealkylation sites (N-methyl/N-ethyl adjacent to an activating group) is 1. The third-order valence-corrected chi connectivity index (χ3v) is 13.8. The Balaban J connectivity index is 4.10. The van der Waals surface area contributed by atoms with Crippen LogP contribution in [0.4, 0.5) is 0 Å². The standard InChI is InChI=1S/C53H109N2O6P/c1-6-8-10-12-14-16-18-20-22-23-24-25-26-27-28-29-30-31-32-33-34-36-38-40-42-44-46-52(56)51(50-61-62(58,59)60-49-48-55(3,4)5)54-53(57)47-45-43-41-39-37-35-21-19-17-15-13-11-9-7-2/h51-52,56H,6-50H2,1-5H3,(H-,54,57,58,59)/p+1. The highest BCUT2D eigenvalue weighted by Crippen LogP contribution is 2.43. The highest BCUT2D eigenvalue weighted by Gasteiger charge is 2.28. The van der Waals surface area contributed by atoms with Gasteiger partial charge in [0, 0.05) is 6.42 Å². The molecule has 3 N–H and O–H groups in total. The van der Waals surface area contributed by atoms with Crippen LogP contribution < -0.4 is 5.32 Å². The first-order valence-corrected chi connectivity index (χ1v) is 28.9. The van der Waals surface area contributed by atoms with Crippen molar-refractivity contribution in [3.05, 3.63) is 0 Å². The van der Waals surface area contributed by atoms with Crippen molar-refractivity contribution in [1.82, 2.24) is 5.32 Å². The molecule has 9 heteroatoms. The number of phosphoric ester groups is 1. The predicted molar refractivity (Wildman–Crippen MR) is 268 cm³/mol. The van der Waals surface area contributed by atoms with Crippen molar-refractivity contribution in [3.8, 4) is 0 Å². The third-order valence-electron chi connectivity index (χ3n) is 12.9. The molecule has 372 valence electrons. The average molecular weight is 902 g/mol. The normalized spacial score (nSPS) is 14.0. The number of nitrogens with one attached hydrogen (secondary N) is 1. The first-order chi connectivity index (χ1) is 30.0. The molecule has 0 spiro atoms. The van der Waals surface area contributed by atoms with Gasteiger partial charge < -0.3 is 19.8 Å². The van der Waals surface area contributed by atoms with E-state index in [0.717, 1.165) is 38.5 Å². The number of unbranched alkanes of at least 4 members (excludes halogenated alkanes) is 38. The maximum absolute atomic E-state index is 12.9. The fourth-order valence-corrected chi connectivity index (χ4v) is 9.26. The van der Waals surface area contributed by atoms with E-state index in [4.69, 9.17) is 9.05 Å². The summed E-state index contributed by atoms with van der Waals surface area (Å²) in [6, 6.07) is -0.754. The quantitative estimate of drug-likeness (QED) is 0.0319. The zero-order chi connectivity index (χ0) is 45.7. The second-order valence-electron chi connectivity index (χ2n) is 20.3. The number of nitrogens with zero attached hydrogens (tertiary/aromatic N) is 1. The maximum Gasteiger partial charge on any atom is 0.472 e. The molecule has 1 amide bonds. The minimum Gasteiger partial charge on any atom is -0.391 e. The van der Waals surface area contributed by atoms with Gasteiger partial charge in [0.1, 0.15) is 13.2 Å². The third kappa shape index (κ3) is 47.5. The van der Waals surface area contributed by atoms with Crippen LogP contribution in [-0.2, 0) is 18.4 Å². The summed E-state index contributed by atoms with van der Waals surface area (Å²) < 4.78 is 23.7. The summed E-state index contributed by atoms with van der Waals surface area (Å²) in [7, 11) is 1.63. The molecule has 0 aliphatic rings. The highest BCUT2D eigenvalue weighted by atomic mass is 31.2. The van der Waals surface area contributed by atoms with Crippen LogP contribution in [0.15, 0.2) is 0 Å². The summed E-state index contributed by atoms with van der Waals surface area (Å²) in [5.41, 5.74) is 0. The number of phosphoric acid groups is 1. The van der Waals surface area contributed by atoms with E-state index >= 15 is 0 Å². The number of carbonyl (C=O) groups is 1. The van der Waals surface area contributed by atoms with E-state index in [-0.39, 0.29) is 19.1 Å². The minimum atomic E-state index is -4.31. The van der Waals surface area contributed by atoms with Crippen LogP contribution in [-0.4, -0.2) is 73.4 Å². The van der Waals surface area contributed by atoms with Crippen LogP contribution in [0, 0.1) is 0 Å². The van der Waals surface area contributed by atoms with Crippen LogP contribution in [0.1, 0.15) is 284 Å². The van der Waals surface area contributed by atoms with Crippen LogP contribution in [0.2, 0.25) is 0 Å². The van der Waals surface area contributed by atoms with Crippen LogP contribution in [0.25, 0.3) is 0 Å². The number of aliphatic hydroxyl groups excluding tert-OH is 1. The van der Waals surface area contributed by atoms with Crippen LogP contribution in [0.5, 0.6) is 0 Å². The molecule has 62 heavy (non-hydrogen) atoms. The zero-order valence-corrected chi connectivity index (χ0v) is 43.3. The van der Waals surface area contributed by atoms with Crippen molar-refractivity contribution in [2.45, 2.75) is 296 Å². The molecule has 0 aromatic heterocycles. The van der Waals surface area contributed by atoms with E-state index in [0.29, 0.717) is 23.9 Å². The van der Waals surface area contributed by atoms with Crippen molar-refractivity contribution >= 4 is 13.7 Å². The molecule has 3 unspecified atom stereocenters. The molecular weight excluding hydrogens is 792 g/mol. The fraction of sp³-hybridized carbons (Fsp3) is 0.981. The molecule has 0 aliphatic heterocycles. The number of amides is 1. The first-order valence-electron chi connectivity index (χ1n) is 27.4. The van der Waals surface area contributed by atoms with Crippen molar-refractivity contribution < 1.29 is 32.9 Å². The summed E-state index contributed by atoms with van der Waals surface area (Å²) in [6.45, 7) is 4.93. The molecule has 0 rings (SSSR count). The Labute approximate surface area is 387 Å². The summed E-state index contributed by atoms with van der Waals surface area (Å²) in [4.78, 5) is 23.2. The highest BCUT2D eigenvalue weighted by molar-refractivity contribution is 7.47. The molecule has 0 aromatic rings. The Morgan fingerprint density at radius 2 is 0.774 bits per heavy atom. The van der Waals surface area contributed by atoms with E-state index < -0.39 is 20.0 Å². The second-order valence-corrected chi connectivity index (χ2v) is 21.8. The lowest BCUT2D eigenvalue weighted by atomic mass is 10.0. The van der Waals surface area contributed by atoms with E-state index in [1.54, 1.807) is 0 Å². The number of carbonyl (C=O) groups excluding carboxylic acids is 1. The van der Waals surface area contributed by atoms with Crippen LogP contribution in [0.3, 0.4) is 0 Å². The largest absolute Gasteiger partial charge is 0.472 e. The predicted octanol–water partition coefficient (Wildman–Crippen LogP) is 16.1. The van der Waals surface area contributed by atoms with Gasteiger partial charge in [0.05, 0.1) is 39.9 Å². The van der Waals surface area contributed by atoms with Gasteiger partial charge in [0.2, 0.25) is 5.91 Å². The lowest BCUT2D eigenvalue weighted by molar-refractivity contribution is -0.870. The second kappa shape index (κ2) is 45.6. The van der Waals surface area contributed by atoms with Gasteiger partial charge in [-0.25, -0.2) is 4.57 Å². The smallest absolute Gasteiger partial charge is 0.391 e. The van der Waals surface area contributed by atoms with E-state index in [9.17, 15) is 19.4 Å². The van der Waals surface area contributed by atoms with Gasteiger partial charge in [-0.1, -0.05) is 264 Å². The van der Waals surface area contributed by atoms with Gasteiger partial charge in [0.25, 0.3) is 0 Å². The fourth-order valence-electron chi connectivity index (χ4n) is 8.52. The lowest BCUT2D eigenvalue weighted by Crippen LogP contribution is -2.46. The van der Waals surface area contributed by atoms with Gasteiger partial charge in [-0.05, 0) is 12.8 Å². The van der Waals surface area contributed by atoms with Crippen molar-refractivity contribution in [2.24, 2.45) is 0 Å². The van der Waals surface area contributed by atoms with Crippen LogP contribution >= 0.6 is 7.82 Å². The monoisotopic (exact) mass is 902 g/mol. The number of hydrogen-bond donors (Lipinski definition) is 3. The minimum absolute atomic E-state index is 0.0789. The molecular formula is C53H110N2O6P+. The van der Waals surface area contributed by atoms with Gasteiger partial charge in [-0.2, -0.15) is 0 Å². The molecule has 0 saturated carbocycles. The molecule has 0 radical (unpaired) electrons. The number of quaternary nitrogens is 1. The maximum atomic E-state index is 12.9. The topological polar surface area (TPSA) is 105 Å². The summed E-state index contributed by atoms with van der Waals surface area (Å²) in [5, 5.41) is 14.0. The molecule has 0 aromatic carbocycles. The van der Waals surface area contributed by atoms with E-state index in [1.165, 1.54) is 218 Å².